The van der Waals surface area contributed by atoms with Crippen LogP contribution in [-0.2, 0) is 4.79 Å². The number of rotatable bonds is 5. The van der Waals surface area contributed by atoms with E-state index in [1.54, 1.807) is 0 Å². The Balaban J connectivity index is 1.54. The minimum Gasteiger partial charge on any atom is -0.388 e. The van der Waals surface area contributed by atoms with Gasteiger partial charge in [-0.3, -0.25) is 9.59 Å². The molecule has 0 saturated carbocycles. The van der Waals surface area contributed by atoms with Crippen LogP contribution < -0.4 is 5.32 Å². The molecule has 0 aromatic carbocycles. The lowest BCUT2D eigenvalue weighted by molar-refractivity contribution is -0.120. The Hall–Kier alpha value is -2.07. The van der Waals surface area contributed by atoms with E-state index < -0.39 is 18.1 Å². The Kier molecular flexibility index (Phi) is 6.84. The van der Waals surface area contributed by atoms with Gasteiger partial charge in [0.25, 0.3) is 5.91 Å². The zero-order valence-electron chi connectivity index (χ0n) is 16.7. The molecule has 8 nitrogen and oxygen atoms in total. The molecule has 0 spiro atoms. The highest BCUT2D eigenvalue weighted by molar-refractivity contribution is 5.92. The number of hydrogen-bond donors (Lipinski definition) is 2. The monoisotopic (exact) mass is 413 g/mol. The fraction of sp³-hybridized carbons (Fsp3) is 0.737. The quantitative estimate of drug-likeness (QED) is 0.758. The second kappa shape index (κ2) is 9.17. The Labute approximate surface area is 168 Å². The second-order valence-corrected chi connectivity index (χ2v) is 8.06. The summed E-state index contributed by atoms with van der Waals surface area (Å²) in [4.78, 5) is 27.6. The van der Waals surface area contributed by atoms with Crippen molar-refractivity contribution in [1.82, 2.24) is 24.9 Å². The van der Waals surface area contributed by atoms with Gasteiger partial charge in [-0.2, -0.15) is 18.6 Å². The maximum Gasteiger partial charge on any atom is 0.333 e. The maximum atomic E-state index is 13.0. The number of alkyl halides is 2. The SMILES string of the molecule is CC(=O)NC1CCN(C[C@]2(O)CCCN(C(=O)c3ccnn3C(F)F)CC2)CC1. The smallest absolute Gasteiger partial charge is 0.333 e. The average Bonchev–Trinajstić information content (AvgIpc) is 3.07. The van der Waals surface area contributed by atoms with Gasteiger partial charge in [0.15, 0.2) is 0 Å². The van der Waals surface area contributed by atoms with Crippen molar-refractivity contribution in [3.8, 4) is 0 Å². The number of nitrogens with zero attached hydrogens (tertiary/aromatic N) is 4. The minimum absolute atomic E-state index is 0.0243. The van der Waals surface area contributed by atoms with Crippen molar-refractivity contribution in [2.75, 3.05) is 32.7 Å². The van der Waals surface area contributed by atoms with Crippen LogP contribution in [0.2, 0.25) is 0 Å². The first kappa shape index (κ1) is 21.6. The largest absolute Gasteiger partial charge is 0.388 e. The number of aliphatic hydroxyl groups is 1. The molecular formula is C19H29F2N5O3. The lowest BCUT2D eigenvalue weighted by Crippen LogP contribution is -2.50. The van der Waals surface area contributed by atoms with E-state index in [2.05, 4.69) is 15.3 Å². The van der Waals surface area contributed by atoms with Gasteiger partial charge in [-0.05, 0) is 38.2 Å². The molecule has 10 heteroatoms. The van der Waals surface area contributed by atoms with E-state index in [9.17, 15) is 23.5 Å². The van der Waals surface area contributed by atoms with Gasteiger partial charge in [0.05, 0.1) is 5.60 Å². The number of β-amino-alcohol motifs (C(OH)–C–C–N with tert-alkyl or cyclic N) is 1. The van der Waals surface area contributed by atoms with Crippen LogP contribution in [0.25, 0.3) is 0 Å². The van der Waals surface area contributed by atoms with Crippen molar-refractivity contribution < 1.29 is 23.5 Å². The predicted molar refractivity (Wildman–Crippen MR) is 101 cm³/mol. The fourth-order valence-electron chi connectivity index (χ4n) is 4.28. The molecule has 162 valence electrons. The van der Waals surface area contributed by atoms with E-state index in [4.69, 9.17) is 0 Å². The van der Waals surface area contributed by atoms with Gasteiger partial charge in [0.2, 0.25) is 5.91 Å². The van der Waals surface area contributed by atoms with Crippen LogP contribution in [0.15, 0.2) is 12.3 Å². The topological polar surface area (TPSA) is 90.7 Å². The summed E-state index contributed by atoms with van der Waals surface area (Å²) in [6, 6.07) is 1.48. The third-order valence-corrected chi connectivity index (χ3v) is 5.79. The molecule has 2 aliphatic heterocycles. The summed E-state index contributed by atoms with van der Waals surface area (Å²) in [6.07, 6.45) is 4.44. The maximum absolute atomic E-state index is 13.0. The number of aromatic nitrogens is 2. The number of amides is 2. The van der Waals surface area contributed by atoms with Crippen LogP contribution in [0, 0.1) is 0 Å². The molecule has 2 fully saturated rings. The van der Waals surface area contributed by atoms with Crippen molar-refractivity contribution in [3.63, 3.8) is 0 Å². The van der Waals surface area contributed by atoms with Gasteiger partial charge in [-0.15, -0.1) is 0 Å². The standard InChI is InChI=1S/C19H29F2N5O3/c1-14(27)23-15-4-10-24(11-5-15)13-19(29)6-2-9-25(12-7-19)17(28)16-3-8-22-26(16)18(20)21/h3,8,15,18,29H,2,4-7,9-13H2,1H3,(H,23,27)/t19-/m0/s1. The van der Waals surface area contributed by atoms with Gasteiger partial charge >= 0.3 is 6.55 Å². The summed E-state index contributed by atoms with van der Waals surface area (Å²) >= 11 is 0. The summed E-state index contributed by atoms with van der Waals surface area (Å²) in [5, 5.41) is 17.6. The fourth-order valence-corrected chi connectivity index (χ4v) is 4.28. The van der Waals surface area contributed by atoms with Gasteiger partial charge in [-0.1, -0.05) is 0 Å². The van der Waals surface area contributed by atoms with Crippen molar-refractivity contribution >= 4 is 11.8 Å². The predicted octanol–water partition coefficient (Wildman–Crippen LogP) is 1.24. The summed E-state index contributed by atoms with van der Waals surface area (Å²) in [7, 11) is 0. The lowest BCUT2D eigenvalue weighted by atomic mass is 9.93. The highest BCUT2D eigenvalue weighted by Gasteiger charge is 2.35. The molecule has 1 aromatic heterocycles. The number of carbonyl (C=O) groups is 2. The van der Waals surface area contributed by atoms with E-state index in [0.717, 1.165) is 25.9 Å². The number of carbonyl (C=O) groups excluding carboxylic acids is 2. The van der Waals surface area contributed by atoms with Crippen molar-refractivity contribution in [2.24, 2.45) is 0 Å². The van der Waals surface area contributed by atoms with Crippen LogP contribution in [0.1, 0.15) is 56.1 Å². The van der Waals surface area contributed by atoms with Gasteiger partial charge in [0.1, 0.15) is 5.69 Å². The highest BCUT2D eigenvalue weighted by Crippen LogP contribution is 2.26. The van der Waals surface area contributed by atoms with E-state index in [1.807, 2.05) is 0 Å². The van der Waals surface area contributed by atoms with Crippen LogP contribution in [0.5, 0.6) is 0 Å². The summed E-state index contributed by atoms with van der Waals surface area (Å²) in [5.41, 5.74) is -1.05. The Morgan fingerprint density at radius 1 is 1.28 bits per heavy atom. The zero-order chi connectivity index (χ0) is 21.0. The molecule has 3 heterocycles. The summed E-state index contributed by atoms with van der Waals surface area (Å²) in [6.45, 7) is 1.48. The molecule has 1 atom stereocenters. The van der Waals surface area contributed by atoms with E-state index >= 15 is 0 Å². The molecule has 0 aliphatic carbocycles. The first-order chi connectivity index (χ1) is 13.8. The van der Waals surface area contributed by atoms with E-state index in [0.29, 0.717) is 43.6 Å². The van der Waals surface area contributed by atoms with Crippen LogP contribution in [-0.4, -0.2) is 80.9 Å². The second-order valence-electron chi connectivity index (χ2n) is 8.06. The normalized spacial score (nSPS) is 24.5. The number of hydrogen-bond acceptors (Lipinski definition) is 5. The average molecular weight is 413 g/mol. The van der Waals surface area contributed by atoms with Gasteiger partial charge < -0.3 is 20.2 Å². The number of piperidine rings is 1. The highest BCUT2D eigenvalue weighted by atomic mass is 19.3. The first-order valence-corrected chi connectivity index (χ1v) is 10.1. The molecule has 0 unspecified atom stereocenters. The van der Waals surface area contributed by atoms with Crippen molar-refractivity contribution in [2.45, 2.75) is 57.2 Å². The van der Waals surface area contributed by atoms with Crippen LogP contribution >= 0.6 is 0 Å². The number of halogens is 2. The molecule has 29 heavy (non-hydrogen) atoms. The first-order valence-electron chi connectivity index (χ1n) is 10.1. The molecule has 2 N–H and O–H groups in total. The Morgan fingerprint density at radius 2 is 2.00 bits per heavy atom. The van der Waals surface area contributed by atoms with E-state index in [1.165, 1.54) is 24.1 Å². The molecule has 0 bridgehead atoms. The molecule has 3 rings (SSSR count). The lowest BCUT2D eigenvalue weighted by Gasteiger charge is -2.38. The van der Waals surface area contributed by atoms with Crippen LogP contribution in [0.3, 0.4) is 0 Å². The summed E-state index contributed by atoms with van der Waals surface area (Å²) < 4.78 is 26.5. The number of likely N-dealkylation sites (tertiary alicyclic amines) is 2. The Bertz CT molecular complexity index is 720. The van der Waals surface area contributed by atoms with Crippen molar-refractivity contribution in [3.05, 3.63) is 18.0 Å². The number of nitrogens with one attached hydrogen (secondary N) is 1. The summed E-state index contributed by atoms with van der Waals surface area (Å²) in [5.74, 6) is -0.507. The molecular weight excluding hydrogens is 384 g/mol. The van der Waals surface area contributed by atoms with Crippen LogP contribution in [0.4, 0.5) is 8.78 Å². The molecule has 1 aromatic rings. The minimum atomic E-state index is -2.87. The Morgan fingerprint density at radius 3 is 2.66 bits per heavy atom. The third kappa shape index (κ3) is 5.51. The van der Waals surface area contributed by atoms with Gasteiger partial charge in [0, 0.05) is 51.9 Å². The van der Waals surface area contributed by atoms with E-state index in [-0.39, 0.29) is 17.6 Å². The zero-order valence-corrected chi connectivity index (χ0v) is 16.7. The van der Waals surface area contributed by atoms with Gasteiger partial charge in [-0.25, -0.2) is 0 Å². The molecule has 2 aliphatic rings. The molecule has 2 amide bonds. The van der Waals surface area contributed by atoms with Crippen molar-refractivity contribution in [1.29, 1.82) is 0 Å². The third-order valence-electron chi connectivity index (χ3n) is 5.79. The molecule has 0 radical (unpaired) electrons. The molecule has 2 saturated heterocycles.